The molecule has 0 spiro atoms. The number of rotatable bonds is 15. The Bertz CT molecular complexity index is 2260. The predicted molar refractivity (Wildman–Crippen MR) is 236 cm³/mol. The monoisotopic (exact) mass is 798 g/mol. The average molecular weight is 799 g/mol. The molecule has 0 saturated heterocycles. The lowest BCUT2D eigenvalue weighted by atomic mass is 9.88. The number of hydrogen-bond donors (Lipinski definition) is 0. The summed E-state index contributed by atoms with van der Waals surface area (Å²) in [5, 5.41) is 0. The van der Waals surface area contributed by atoms with Crippen LogP contribution in [0.2, 0.25) is 0 Å². The zero-order valence-corrected chi connectivity index (χ0v) is 33.8. The molecular formula is C50H40O6P2. The van der Waals surface area contributed by atoms with Crippen molar-refractivity contribution in [3.8, 4) is 67.9 Å². The maximum atomic E-state index is 7.13. The van der Waals surface area contributed by atoms with E-state index in [2.05, 4.69) is 62.4 Å². The first-order chi connectivity index (χ1) is 28.6. The highest BCUT2D eigenvalue weighted by Crippen LogP contribution is 2.55. The van der Waals surface area contributed by atoms with Gasteiger partial charge in [-0.15, -0.1) is 0 Å². The largest absolute Gasteiger partial charge is 0.530 e. The van der Waals surface area contributed by atoms with Gasteiger partial charge >= 0.3 is 17.2 Å². The second kappa shape index (κ2) is 18.6. The van der Waals surface area contributed by atoms with Crippen molar-refractivity contribution in [1.82, 2.24) is 0 Å². The Balaban J connectivity index is 1.34. The van der Waals surface area contributed by atoms with Crippen molar-refractivity contribution in [1.29, 1.82) is 0 Å². The Morgan fingerprint density at radius 3 is 0.810 bits per heavy atom. The molecule has 0 heterocycles. The number of benzene rings is 8. The summed E-state index contributed by atoms with van der Waals surface area (Å²) in [5.41, 5.74) is 7.22. The summed E-state index contributed by atoms with van der Waals surface area (Å²) in [5.74, 6) is 3.64. The third-order valence-electron chi connectivity index (χ3n) is 9.18. The highest BCUT2D eigenvalue weighted by atomic mass is 31.2. The molecule has 8 rings (SSSR count). The SMILES string of the molecule is Cc1ccc(-c2ccccc2)c(OP(Oc2ccccc2)Oc2ccccc2)c1-c1c(C)ccc(-c2ccccc2)c1OP(Oc1ccccc1)Oc1ccccc1. The van der Waals surface area contributed by atoms with Crippen molar-refractivity contribution < 1.29 is 27.1 Å². The van der Waals surface area contributed by atoms with Crippen molar-refractivity contribution in [2.75, 3.05) is 0 Å². The van der Waals surface area contributed by atoms with Crippen LogP contribution in [0.15, 0.2) is 206 Å². The van der Waals surface area contributed by atoms with Crippen LogP contribution in [0.5, 0.6) is 34.5 Å². The molecular weight excluding hydrogens is 758 g/mol. The molecule has 8 aromatic rings. The van der Waals surface area contributed by atoms with E-state index in [9.17, 15) is 0 Å². The number of hydrogen-bond acceptors (Lipinski definition) is 6. The summed E-state index contributed by atoms with van der Waals surface area (Å²) in [7, 11) is -4.11. The Kier molecular flexibility index (Phi) is 12.3. The fraction of sp³-hybridized carbons (Fsp3) is 0.0400. The van der Waals surface area contributed by atoms with Crippen LogP contribution in [-0.4, -0.2) is 0 Å². The summed E-state index contributed by atoms with van der Waals surface area (Å²) in [6, 6.07) is 67.1. The van der Waals surface area contributed by atoms with E-state index in [4.69, 9.17) is 27.1 Å². The summed E-state index contributed by atoms with van der Waals surface area (Å²) >= 11 is 0. The lowest BCUT2D eigenvalue weighted by molar-refractivity contribution is 0.386. The molecule has 8 aromatic carbocycles. The average Bonchev–Trinajstić information content (AvgIpc) is 3.26. The lowest BCUT2D eigenvalue weighted by Crippen LogP contribution is -2.07. The molecule has 8 heteroatoms. The molecule has 0 N–H and O–H groups in total. The third-order valence-corrected chi connectivity index (χ3v) is 11.3. The molecule has 0 bridgehead atoms. The maximum absolute atomic E-state index is 7.13. The number of aryl methyl sites for hydroxylation is 2. The second-order valence-electron chi connectivity index (χ2n) is 13.2. The van der Waals surface area contributed by atoms with Crippen molar-refractivity contribution >= 4 is 17.2 Å². The van der Waals surface area contributed by atoms with E-state index in [0.717, 1.165) is 44.5 Å². The van der Waals surface area contributed by atoms with Gasteiger partial charge in [0.25, 0.3) is 0 Å². The molecule has 6 nitrogen and oxygen atoms in total. The second-order valence-corrected chi connectivity index (χ2v) is 15.2. The van der Waals surface area contributed by atoms with Crippen LogP contribution in [-0.2, 0) is 0 Å². The highest BCUT2D eigenvalue weighted by Gasteiger charge is 2.31. The van der Waals surface area contributed by atoms with Crippen LogP contribution < -0.4 is 27.1 Å². The first kappa shape index (κ1) is 38.3. The Hall–Kier alpha value is -6.58. The van der Waals surface area contributed by atoms with E-state index in [0.29, 0.717) is 34.5 Å². The van der Waals surface area contributed by atoms with Gasteiger partial charge in [-0.05, 0) is 84.6 Å². The summed E-state index contributed by atoms with van der Waals surface area (Å²) < 4.78 is 40.5. The lowest BCUT2D eigenvalue weighted by Gasteiger charge is -2.26. The van der Waals surface area contributed by atoms with Gasteiger partial charge in [0.15, 0.2) is 0 Å². The normalized spacial score (nSPS) is 10.9. The van der Waals surface area contributed by atoms with Gasteiger partial charge in [-0.25, -0.2) is 0 Å². The van der Waals surface area contributed by atoms with E-state index in [-0.39, 0.29) is 0 Å². The van der Waals surface area contributed by atoms with Crippen LogP contribution in [0.4, 0.5) is 0 Å². The third kappa shape index (κ3) is 9.33. The molecule has 0 amide bonds. The van der Waals surface area contributed by atoms with Gasteiger partial charge in [0, 0.05) is 22.3 Å². The molecule has 0 saturated carbocycles. The van der Waals surface area contributed by atoms with E-state index in [1.807, 2.05) is 158 Å². The van der Waals surface area contributed by atoms with Crippen LogP contribution in [0, 0.1) is 13.8 Å². The van der Waals surface area contributed by atoms with Gasteiger partial charge in [0.05, 0.1) is 0 Å². The smallest absolute Gasteiger partial charge is 0.409 e. The van der Waals surface area contributed by atoms with Crippen LogP contribution >= 0.6 is 17.2 Å². The molecule has 58 heavy (non-hydrogen) atoms. The Morgan fingerprint density at radius 1 is 0.276 bits per heavy atom. The van der Waals surface area contributed by atoms with Crippen LogP contribution in [0.1, 0.15) is 11.1 Å². The standard InChI is InChI=1S/C50H40O6P2/c1-37-33-35-45(39-21-9-3-10-22-39)49(55-57(51-41-25-13-5-14-26-41)52-42-27-15-6-16-28-42)47(37)48-38(2)34-36-46(40-23-11-4-12-24-40)50(48)56-58(53-43-29-17-7-18-30-43)54-44-31-19-8-20-32-44/h3-36H,1-2H3. The van der Waals surface area contributed by atoms with Gasteiger partial charge < -0.3 is 27.1 Å². The first-order valence-corrected chi connectivity index (χ1v) is 21.0. The highest BCUT2D eigenvalue weighted by molar-refractivity contribution is 7.43. The van der Waals surface area contributed by atoms with E-state index in [1.165, 1.54) is 0 Å². The molecule has 0 fully saturated rings. The van der Waals surface area contributed by atoms with Gasteiger partial charge in [-0.3, -0.25) is 0 Å². The van der Waals surface area contributed by atoms with Gasteiger partial charge in [0.1, 0.15) is 34.5 Å². The zero-order valence-electron chi connectivity index (χ0n) is 32.0. The van der Waals surface area contributed by atoms with E-state index < -0.39 is 17.2 Å². The topological polar surface area (TPSA) is 55.4 Å². The number of para-hydroxylation sites is 4. The van der Waals surface area contributed by atoms with Crippen LogP contribution in [0.25, 0.3) is 33.4 Å². The summed E-state index contributed by atoms with van der Waals surface area (Å²) in [6.07, 6.45) is 0. The minimum Gasteiger partial charge on any atom is -0.409 e. The molecule has 0 aliphatic rings. The van der Waals surface area contributed by atoms with Crippen molar-refractivity contribution in [3.63, 3.8) is 0 Å². The van der Waals surface area contributed by atoms with Crippen molar-refractivity contribution in [2.45, 2.75) is 13.8 Å². The predicted octanol–water partition coefficient (Wildman–Crippen LogP) is 14.8. The molecule has 0 aliphatic carbocycles. The molecule has 0 aromatic heterocycles. The Labute approximate surface area is 342 Å². The molecule has 0 atom stereocenters. The zero-order chi connectivity index (χ0) is 39.5. The maximum Gasteiger partial charge on any atom is 0.530 e. The quantitative estimate of drug-likeness (QED) is 0.0963. The first-order valence-electron chi connectivity index (χ1n) is 18.9. The van der Waals surface area contributed by atoms with Crippen molar-refractivity contribution in [2.24, 2.45) is 0 Å². The molecule has 0 unspecified atom stereocenters. The van der Waals surface area contributed by atoms with Crippen LogP contribution in [0.3, 0.4) is 0 Å². The van der Waals surface area contributed by atoms with Gasteiger partial charge in [0.2, 0.25) is 0 Å². The Morgan fingerprint density at radius 2 is 0.534 bits per heavy atom. The van der Waals surface area contributed by atoms with E-state index in [1.54, 1.807) is 0 Å². The van der Waals surface area contributed by atoms with Crippen molar-refractivity contribution in [3.05, 3.63) is 217 Å². The summed E-state index contributed by atoms with van der Waals surface area (Å²) in [4.78, 5) is 0. The fourth-order valence-electron chi connectivity index (χ4n) is 6.39. The molecule has 286 valence electrons. The minimum absolute atomic E-state index is 0.583. The summed E-state index contributed by atoms with van der Waals surface area (Å²) in [6.45, 7) is 4.16. The molecule has 0 aliphatic heterocycles. The van der Waals surface area contributed by atoms with Gasteiger partial charge in [-0.2, -0.15) is 0 Å². The molecule has 0 radical (unpaired) electrons. The van der Waals surface area contributed by atoms with E-state index >= 15 is 0 Å². The minimum atomic E-state index is -2.06. The van der Waals surface area contributed by atoms with Gasteiger partial charge in [-0.1, -0.05) is 158 Å². The fourth-order valence-corrected chi connectivity index (χ4v) is 8.47.